The Kier molecular flexibility index (Phi) is 5.08. The molecule has 0 N–H and O–H groups in total. The van der Waals surface area contributed by atoms with Crippen LogP contribution in [0, 0.1) is 0 Å². The van der Waals surface area contributed by atoms with Crippen LogP contribution in [0.5, 0.6) is 0 Å². The normalized spacial score (nSPS) is 11.8. The van der Waals surface area contributed by atoms with Gasteiger partial charge in [0.15, 0.2) is 0 Å². The van der Waals surface area contributed by atoms with E-state index in [0.717, 1.165) is 4.57 Å². The highest BCUT2D eigenvalue weighted by Gasteiger charge is 2.30. The first kappa shape index (κ1) is 21.4. The molecule has 0 unspecified atom stereocenters. The van der Waals surface area contributed by atoms with E-state index in [-0.39, 0.29) is 32.0 Å². The Morgan fingerprint density at radius 3 is 2.36 bits per heavy atom. The van der Waals surface area contributed by atoms with Crippen LogP contribution in [0.3, 0.4) is 0 Å². The van der Waals surface area contributed by atoms with Gasteiger partial charge in [0, 0.05) is 16.6 Å². The van der Waals surface area contributed by atoms with Crippen LogP contribution in [0.4, 0.5) is 0 Å². The van der Waals surface area contributed by atoms with Crippen molar-refractivity contribution in [3.63, 3.8) is 0 Å². The number of nitrogens with zero attached hydrogens (tertiary/aromatic N) is 3. The minimum Gasteiger partial charge on any atom is -0.268 e. The van der Waals surface area contributed by atoms with Gasteiger partial charge in [0.1, 0.15) is 4.90 Å². The smallest absolute Gasteiger partial charge is 0.268 e. The lowest BCUT2D eigenvalue weighted by Crippen LogP contribution is -2.33. The summed E-state index contributed by atoms with van der Waals surface area (Å²) in [6, 6.07) is 18.4. The molecular formula is C23H13Cl2N3O4S. The molecule has 5 rings (SSSR count). The first-order valence-electron chi connectivity index (χ1n) is 9.62. The second kappa shape index (κ2) is 7.84. The minimum absolute atomic E-state index is 0.00953. The van der Waals surface area contributed by atoms with Crippen LogP contribution in [-0.2, 0) is 10.0 Å². The summed E-state index contributed by atoms with van der Waals surface area (Å²) < 4.78 is 28.9. The molecule has 2 aromatic heterocycles. The van der Waals surface area contributed by atoms with Gasteiger partial charge in [0.05, 0.1) is 27.1 Å². The Balaban J connectivity index is 1.82. The summed E-state index contributed by atoms with van der Waals surface area (Å²) in [5, 5.41) is 0.953. The maximum Gasteiger partial charge on any atom is 0.350 e. The topological polar surface area (TPSA) is 91.0 Å². The molecule has 7 nitrogen and oxygen atoms in total. The fraction of sp³-hybridized carbons (Fsp3) is 0. The van der Waals surface area contributed by atoms with E-state index < -0.39 is 21.6 Å². The Morgan fingerprint density at radius 1 is 0.879 bits per heavy atom. The molecule has 10 heteroatoms. The monoisotopic (exact) mass is 497 g/mol. The molecule has 0 saturated carbocycles. The van der Waals surface area contributed by atoms with Crippen molar-refractivity contribution < 1.29 is 13.2 Å². The number of hydrogen-bond acceptors (Lipinski definition) is 5. The zero-order valence-corrected chi connectivity index (χ0v) is 19.0. The van der Waals surface area contributed by atoms with Crippen LogP contribution in [0.25, 0.3) is 21.9 Å². The molecule has 0 fully saturated rings. The minimum atomic E-state index is -4.42. The van der Waals surface area contributed by atoms with Crippen LogP contribution < -0.4 is 5.69 Å². The second-order valence-electron chi connectivity index (χ2n) is 7.14. The molecular weight excluding hydrogens is 485 g/mol. The summed E-state index contributed by atoms with van der Waals surface area (Å²) in [4.78, 5) is 30.8. The lowest BCUT2D eigenvalue weighted by Gasteiger charge is -2.08. The SMILES string of the molecule is O=C(c1ccc(Cl)cc1Cl)n1c(=O)n(S(=O)(=O)c2cccc3cccnc23)c2ccccc21. The molecule has 33 heavy (non-hydrogen) atoms. The summed E-state index contributed by atoms with van der Waals surface area (Å²) in [7, 11) is -4.42. The van der Waals surface area contributed by atoms with E-state index >= 15 is 0 Å². The number of hydrogen-bond donors (Lipinski definition) is 0. The Morgan fingerprint density at radius 2 is 1.61 bits per heavy atom. The molecule has 0 aliphatic heterocycles. The van der Waals surface area contributed by atoms with Gasteiger partial charge in [-0.2, -0.15) is 3.97 Å². The number of carbonyl (C=O) groups is 1. The van der Waals surface area contributed by atoms with Crippen molar-refractivity contribution in [2.24, 2.45) is 0 Å². The van der Waals surface area contributed by atoms with Crippen molar-refractivity contribution in [2.45, 2.75) is 4.90 Å². The van der Waals surface area contributed by atoms with Gasteiger partial charge in [-0.05, 0) is 42.5 Å². The molecule has 5 aromatic rings. The number of benzene rings is 3. The third-order valence-electron chi connectivity index (χ3n) is 5.19. The number of fused-ring (bicyclic) bond motifs is 2. The molecule has 0 aliphatic carbocycles. The molecule has 0 aliphatic rings. The standard InChI is InChI=1S/C23H13Cl2N3O4S/c24-15-10-11-16(17(25)13-15)22(29)27-18-7-1-2-8-19(18)28(23(27)30)33(31,32)20-9-3-5-14-6-4-12-26-21(14)20/h1-13H. The predicted molar refractivity (Wildman–Crippen MR) is 127 cm³/mol. The molecule has 0 bridgehead atoms. The summed E-state index contributed by atoms with van der Waals surface area (Å²) in [6.45, 7) is 0. The Labute approximate surface area is 197 Å². The molecule has 2 heterocycles. The van der Waals surface area contributed by atoms with Crippen molar-refractivity contribution >= 4 is 61.1 Å². The van der Waals surface area contributed by atoms with Gasteiger partial charge in [-0.3, -0.25) is 9.78 Å². The summed E-state index contributed by atoms with van der Waals surface area (Å²) in [6.07, 6.45) is 1.47. The van der Waals surface area contributed by atoms with Crippen molar-refractivity contribution in [3.8, 4) is 0 Å². The van der Waals surface area contributed by atoms with E-state index in [1.165, 1.54) is 42.6 Å². The van der Waals surface area contributed by atoms with Gasteiger partial charge in [-0.1, -0.05) is 53.5 Å². The molecule has 0 spiro atoms. The van der Waals surface area contributed by atoms with Gasteiger partial charge in [-0.25, -0.2) is 17.8 Å². The molecule has 0 saturated heterocycles. The molecule has 0 atom stereocenters. The Hall–Kier alpha value is -3.46. The van der Waals surface area contributed by atoms with Gasteiger partial charge >= 0.3 is 5.69 Å². The molecule has 164 valence electrons. The highest BCUT2D eigenvalue weighted by molar-refractivity contribution is 7.90. The largest absolute Gasteiger partial charge is 0.350 e. The summed E-state index contributed by atoms with van der Waals surface area (Å²) in [5.41, 5.74) is -0.643. The number of para-hydroxylation sites is 3. The first-order valence-corrected chi connectivity index (χ1v) is 11.8. The van der Waals surface area contributed by atoms with Gasteiger partial charge in [0.2, 0.25) is 0 Å². The fourth-order valence-electron chi connectivity index (χ4n) is 3.72. The first-order chi connectivity index (χ1) is 15.8. The van der Waals surface area contributed by atoms with Crippen LogP contribution in [-0.4, -0.2) is 27.8 Å². The number of pyridine rings is 1. The fourth-order valence-corrected chi connectivity index (χ4v) is 5.77. The zero-order valence-electron chi connectivity index (χ0n) is 16.6. The van der Waals surface area contributed by atoms with E-state index in [1.54, 1.807) is 36.4 Å². The van der Waals surface area contributed by atoms with Crippen molar-refractivity contribution in [2.75, 3.05) is 0 Å². The number of aromatic nitrogens is 3. The number of rotatable bonds is 3. The highest BCUT2D eigenvalue weighted by Crippen LogP contribution is 2.27. The van der Waals surface area contributed by atoms with E-state index in [2.05, 4.69) is 4.98 Å². The van der Waals surface area contributed by atoms with Crippen molar-refractivity contribution in [3.05, 3.63) is 105 Å². The Bertz CT molecular complexity index is 1750. The number of halogens is 2. The molecule has 3 aromatic carbocycles. The maximum absolute atomic E-state index is 13.7. The summed E-state index contributed by atoms with van der Waals surface area (Å²) in [5.74, 6) is -0.775. The highest BCUT2D eigenvalue weighted by atomic mass is 35.5. The quantitative estimate of drug-likeness (QED) is 0.363. The van der Waals surface area contributed by atoms with E-state index in [0.29, 0.717) is 14.4 Å². The van der Waals surface area contributed by atoms with Crippen LogP contribution in [0.15, 0.2) is 88.7 Å². The number of carbonyl (C=O) groups excluding carboxylic acids is 1. The average Bonchev–Trinajstić information content (AvgIpc) is 3.10. The summed E-state index contributed by atoms with van der Waals surface area (Å²) >= 11 is 12.1. The number of imidazole rings is 1. The average molecular weight is 498 g/mol. The van der Waals surface area contributed by atoms with Crippen molar-refractivity contribution in [1.29, 1.82) is 0 Å². The van der Waals surface area contributed by atoms with Gasteiger partial charge in [0.25, 0.3) is 15.9 Å². The van der Waals surface area contributed by atoms with E-state index in [9.17, 15) is 18.0 Å². The van der Waals surface area contributed by atoms with Crippen LogP contribution in [0.2, 0.25) is 10.0 Å². The van der Waals surface area contributed by atoms with Crippen LogP contribution >= 0.6 is 23.2 Å². The second-order valence-corrected chi connectivity index (χ2v) is 9.74. The van der Waals surface area contributed by atoms with Crippen molar-refractivity contribution in [1.82, 2.24) is 13.5 Å². The lowest BCUT2D eigenvalue weighted by molar-refractivity contribution is 0.0961. The van der Waals surface area contributed by atoms with Crippen LogP contribution in [0.1, 0.15) is 10.4 Å². The molecule has 0 amide bonds. The molecule has 0 radical (unpaired) electrons. The van der Waals surface area contributed by atoms with Gasteiger partial charge in [-0.15, -0.1) is 0 Å². The van der Waals surface area contributed by atoms with Gasteiger partial charge < -0.3 is 0 Å². The third kappa shape index (κ3) is 3.34. The maximum atomic E-state index is 13.7. The predicted octanol–water partition coefficient (Wildman–Crippen LogP) is 4.58. The third-order valence-corrected chi connectivity index (χ3v) is 7.45. The van der Waals surface area contributed by atoms with E-state index in [4.69, 9.17) is 23.2 Å². The lowest BCUT2D eigenvalue weighted by atomic mass is 10.2. The van der Waals surface area contributed by atoms with E-state index in [1.807, 2.05) is 0 Å². The zero-order chi connectivity index (χ0) is 23.3.